The van der Waals surface area contributed by atoms with Gasteiger partial charge in [0.05, 0.1) is 32.7 Å². The van der Waals surface area contributed by atoms with Crippen molar-refractivity contribution in [2.24, 2.45) is 10.2 Å². The van der Waals surface area contributed by atoms with Crippen LogP contribution in [0.2, 0.25) is 0 Å². The van der Waals surface area contributed by atoms with E-state index in [1.54, 1.807) is 25.1 Å². The Hall–Kier alpha value is -3.30. The Bertz CT molecular complexity index is 666. The normalized spacial score (nSPS) is 14.0. The number of urea groups is 2. The largest absolute Gasteiger partial charge is 0.497 e. The van der Waals surface area contributed by atoms with Crippen LogP contribution in [0.4, 0.5) is 9.59 Å². The molecule has 0 saturated carbocycles. The van der Waals surface area contributed by atoms with E-state index in [4.69, 9.17) is 9.47 Å². The molecule has 0 fully saturated rings. The lowest BCUT2D eigenvalue weighted by molar-refractivity contribution is 0.173. The first kappa shape index (κ1) is 17.1. The van der Waals surface area contributed by atoms with Crippen LogP contribution in [0.25, 0.3) is 0 Å². The second-order valence-electron chi connectivity index (χ2n) is 4.81. The van der Waals surface area contributed by atoms with Crippen molar-refractivity contribution in [1.82, 2.24) is 21.3 Å². The van der Waals surface area contributed by atoms with Crippen molar-refractivity contribution in [1.29, 1.82) is 0 Å². The summed E-state index contributed by atoms with van der Waals surface area (Å²) in [6.07, 6.45) is 1.42. The van der Waals surface area contributed by atoms with Crippen molar-refractivity contribution in [3.05, 3.63) is 23.8 Å². The van der Waals surface area contributed by atoms with Crippen molar-refractivity contribution in [2.75, 3.05) is 20.8 Å². The maximum Gasteiger partial charge on any atom is 0.356 e. The average molecular weight is 334 g/mol. The molecule has 1 aromatic carbocycles. The monoisotopic (exact) mass is 334 g/mol. The molecule has 0 unspecified atom stereocenters. The Morgan fingerprint density at radius 3 is 2.62 bits per heavy atom. The minimum absolute atomic E-state index is 0.191. The first-order valence-corrected chi connectivity index (χ1v) is 6.95. The van der Waals surface area contributed by atoms with Crippen LogP contribution in [0.15, 0.2) is 28.4 Å². The molecule has 4 amide bonds. The van der Waals surface area contributed by atoms with Crippen LogP contribution in [-0.2, 0) is 0 Å². The van der Waals surface area contributed by atoms with Crippen LogP contribution in [-0.4, -0.2) is 49.8 Å². The highest BCUT2D eigenvalue weighted by molar-refractivity contribution is 5.92. The lowest BCUT2D eigenvalue weighted by Gasteiger charge is -2.25. The number of hydrazone groups is 2. The molecule has 0 atom stereocenters. The molecule has 1 aliphatic rings. The summed E-state index contributed by atoms with van der Waals surface area (Å²) >= 11 is 0. The number of methoxy groups -OCH3 is 2. The van der Waals surface area contributed by atoms with Gasteiger partial charge in [-0.1, -0.05) is 0 Å². The van der Waals surface area contributed by atoms with Gasteiger partial charge in [-0.05, 0) is 19.1 Å². The van der Waals surface area contributed by atoms with E-state index >= 15 is 0 Å². The van der Waals surface area contributed by atoms with Gasteiger partial charge in [0.15, 0.2) is 0 Å². The van der Waals surface area contributed by atoms with E-state index in [0.717, 1.165) is 5.01 Å². The minimum atomic E-state index is -0.661. The number of rotatable bonds is 5. The van der Waals surface area contributed by atoms with Gasteiger partial charge in [0.2, 0.25) is 0 Å². The summed E-state index contributed by atoms with van der Waals surface area (Å²) in [5.74, 6) is 1.19. The number of hydrogen-bond donors (Lipinski definition) is 3. The van der Waals surface area contributed by atoms with Crippen molar-refractivity contribution >= 4 is 24.0 Å². The fourth-order valence-corrected chi connectivity index (χ4v) is 1.85. The maximum atomic E-state index is 11.8. The Labute approximate surface area is 138 Å². The van der Waals surface area contributed by atoms with Crippen LogP contribution in [0, 0.1) is 0 Å². The van der Waals surface area contributed by atoms with Gasteiger partial charge in [-0.2, -0.15) is 10.2 Å². The zero-order valence-corrected chi connectivity index (χ0v) is 13.5. The fraction of sp³-hybridized carbons (Fsp3) is 0.286. The van der Waals surface area contributed by atoms with E-state index in [9.17, 15) is 9.59 Å². The SMILES string of the molecule is COc1cc(/C=N/NC(=O)NN2CC(C)=NNC2=O)cc(OC)c1. The predicted molar refractivity (Wildman–Crippen MR) is 87.2 cm³/mol. The van der Waals surface area contributed by atoms with Gasteiger partial charge in [0.1, 0.15) is 11.5 Å². The molecule has 0 saturated heterocycles. The molecule has 0 aromatic heterocycles. The summed E-state index contributed by atoms with van der Waals surface area (Å²) in [5.41, 5.74) is 8.21. The zero-order chi connectivity index (χ0) is 17.5. The van der Waals surface area contributed by atoms with Crippen molar-refractivity contribution in [3.8, 4) is 11.5 Å². The minimum Gasteiger partial charge on any atom is -0.497 e. The highest BCUT2D eigenvalue weighted by Gasteiger charge is 2.20. The number of hydrazine groups is 1. The summed E-state index contributed by atoms with van der Waals surface area (Å²) in [6, 6.07) is 3.98. The van der Waals surface area contributed by atoms with Crippen molar-refractivity contribution in [2.45, 2.75) is 6.92 Å². The quantitative estimate of drug-likeness (QED) is 0.541. The number of benzene rings is 1. The molecule has 10 heteroatoms. The third kappa shape index (κ3) is 4.60. The van der Waals surface area contributed by atoms with E-state index in [0.29, 0.717) is 22.8 Å². The molecule has 1 heterocycles. The Kier molecular flexibility index (Phi) is 5.55. The molecule has 0 radical (unpaired) electrons. The Morgan fingerprint density at radius 2 is 2.00 bits per heavy atom. The Morgan fingerprint density at radius 1 is 1.33 bits per heavy atom. The summed E-state index contributed by atoms with van der Waals surface area (Å²) in [5, 5.41) is 8.65. The van der Waals surface area contributed by atoms with E-state index in [-0.39, 0.29) is 6.54 Å². The van der Waals surface area contributed by atoms with E-state index in [1.165, 1.54) is 20.4 Å². The van der Waals surface area contributed by atoms with Crippen LogP contribution < -0.4 is 25.8 Å². The molecule has 1 aliphatic heterocycles. The lowest BCUT2D eigenvalue weighted by atomic mass is 10.2. The second kappa shape index (κ2) is 7.81. The third-order valence-corrected chi connectivity index (χ3v) is 2.96. The summed E-state index contributed by atoms with van der Waals surface area (Å²) in [4.78, 5) is 23.3. The highest BCUT2D eigenvalue weighted by atomic mass is 16.5. The molecule has 3 N–H and O–H groups in total. The van der Waals surface area contributed by atoms with E-state index < -0.39 is 12.1 Å². The summed E-state index contributed by atoms with van der Waals surface area (Å²) in [6.45, 7) is 1.91. The molecule has 2 rings (SSSR count). The molecule has 128 valence electrons. The smallest absolute Gasteiger partial charge is 0.356 e. The topological polar surface area (TPSA) is 117 Å². The van der Waals surface area contributed by atoms with E-state index in [2.05, 4.69) is 26.5 Å². The number of nitrogens with zero attached hydrogens (tertiary/aromatic N) is 3. The number of hydrogen-bond acceptors (Lipinski definition) is 6. The second-order valence-corrected chi connectivity index (χ2v) is 4.81. The van der Waals surface area contributed by atoms with Gasteiger partial charge >= 0.3 is 12.1 Å². The molecular weight excluding hydrogens is 316 g/mol. The van der Waals surface area contributed by atoms with Crippen molar-refractivity contribution < 1.29 is 19.1 Å². The summed E-state index contributed by atoms with van der Waals surface area (Å²) in [7, 11) is 3.08. The zero-order valence-electron chi connectivity index (χ0n) is 13.5. The molecule has 1 aromatic rings. The first-order chi connectivity index (χ1) is 11.5. The van der Waals surface area contributed by atoms with Crippen LogP contribution in [0.5, 0.6) is 11.5 Å². The van der Waals surface area contributed by atoms with Gasteiger partial charge in [-0.25, -0.2) is 30.9 Å². The molecule has 0 aliphatic carbocycles. The maximum absolute atomic E-state index is 11.8. The van der Waals surface area contributed by atoms with Crippen LogP contribution in [0.3, 0.4) is 0 Å². The molecular formula is C14H18N6O4. The average Bonchev–Trinajstić information content (AvgIpc) is 2.57. The third-order valence-electron chi connectivity index (χ3n) is 2.96. The lowest BCUT2D eigenvalue weighted by Crippen LogP contribution is -2.55. The number of amides is 4. The molecule has 24 heavy (non-hydrogen) atoms. The van der Waals surface area contributed by atoms with Crippen LogP contribution >= 0.6 is 0 Å². The number of carbonyl (C=O) groups is 2. The molecule has 0 bridgehead atoms. The highest BCUT2D eigenvalue weighted by Crippen LogP contribution is 2.21. The number of nitrogens with one attached hydrogen (secondary N) is 3. The van der Waals surface area contributed by atoms with Gasteiger partial charge < -0.3 is 9.47 Å². The van der Waals surface area contributed by atoms with Crippen molar-refractivity contribution in [3.63, 3.8) is 0 Å². The van der Waals surface area contributed by atoms with Gasteiger partial charge in [0.25, 0.3) is 0 Å². The predicted octanol–water partition coefficient (Wildman–Crippen LogP) is 0.653. The fourth-order valence-electron chi connectivity index (χ4n) is 1.85. The van der Waals surface area contributed by atoms with E-state index in [1.807, 2.05) is 0 Å². The Balaban J connectivity index is 1.93. The molecule has 10 nitrogen and oxygen atoms in total. The summed E-state index contributed by atoms with van der Waals surface area (Å²) < 4.78 is 10.3. The van der Waals surface area contributed by atoms with Crippen LogP contribution in [0.1, 0.15) is 12.5 Å². The first-order valence-electron chi connectivity index (χ1n) is 6.95. The van der Waals surface area contributed by atoms with Gasteiger partial charge in [-0.15, -0.1) is 0 Å². The molecule has 0 spiro atoms. The van der Waals surface area contributed by atoms with Gasteiger partial charge in [0, 0.05) is 11.6 Å². The standard InChI is InChI=1S/C14H18N6O4/c1-9-8-20(14(22)18-16-9)19-13(21)17-15-7-10-4-11(23-2)6-12(5-10)24-3/h4-7H,8H2,1-3H3,(H,18,22)(H2,17,19,21)/b15-7+. The number of ether oxygens (including phenoxy) is 2. The van der Waals surface area contributed by atoms with Gasteiger partial charge in [-0.3, -0.25) is 0 Å². The number of carbonyl (C=O) groups excluding carboxylic acids is 2.